The van der Waals surface area contributed by atoms with E-state index in [0.29, 0.717) is 17.2 Å². The summed E-state index contributed by atoms with van der Waals surface area (Å²) in [6.45, 7) is 4.85. The smallest absolute Gasteiger partial charge is 0.130 e. The van der Waals surface area contributed by atoms with Crippen molar-refractivity contribution in [1.29, 1.82) is 0 Å². The van der Waals surface area contributed by atoms with Crippen LogP contribution >= 0.6 is 11.6 Å². The van der Waals surface area contributed by atoms with Gasteiger partial charge in [0.1, 0.15) is 5.15 Å². The van der Waals surface area contributed by atoms with Crippen molar-refractivity contribution in [2.24, 2.45) is 18.7 Å². The lowest BCUT2D eigenvalue weighted by Crippen LogP contribution is -2.36. The van der Waals surface area contributed by atoms with Crippen LogP contribution in [0.4, 0.5) is 0 Å². The molecule has 0 spiro atoms. The zero-order valence-corrected chi connectivity index (χ0v) is 12.8. The van der Waals surface area contributed by atoms with E-state index in [2.05, 4.69) is 5.10 Å². The highest BCUT2D eigenvalue weighted by Gasteiger charge is 2.31. The van der Waals surface area contributed by atoms with Crippen molar-refractivity contribution in [3.05, 3.63) is 16.4 Å². The summed E-state index contributed by atoms with van der Waals surface area (Å²) < 4.78 is 7.29. The lowest BCUT2D eigenvalue weighted by Gasteiger charge is -2.36. The SMILES string of the molecule is CCOC1CC(CC(N)Cc2c(C)nn(C)c2Cl)C1. The molecular formula is C14H24ClN3O. The molecule has 1 aliphatic carbocycles. The van der Waals surface area contributed by atoms with E-state index in [1.807, 2.05) is 20.9 Å². The first-order valence-corrected chi connectivity index (χ1v) is 7.44. The molecule has 0 aromatic carbocycles. The highest BCUT2D eigenvalue weighted by molar-refractivity contribution is 6.30. The first-order valence-electron chi connectivity index (χ1n) is 7.06. The maximum atomic E-state index is 6.25. The highest BCUT2D eigenvalue weighted by atomic mass is 35.5. The molecule has 0 aliphatic heterocycles. The van der Waals surface area contributed by atoms with Gasteiger partial charge in [-0.3, -0.25) is 4.68 Å². The summed E-state index contributed by atoms with van der Waals surface area (Å²) in [6.07, 6.45) is 4.64. The standard InChI is InChI=1S/C14H24ClN3O/c1-4-19-12-6-10(7-12)5-11(16)8-13-9(2)17-18(3)14(13)15/h10-12H,4-8,16H2,1-3H3. The molecule has 2 N–H and O–H groups in total. The maximum Gasteiger partial charge on any atom is 0.130 e. The zero-order chi connectivity index (χ0) is 14.0. The molecule has 1 saturated carbocycles. The molecule has 1 aromatic heterocycles. The van der Waals surface area contributed by atoms with E-state index in [1.165, 1.54) is 0 Å². The Kier molecular flexibility index (Phi) is 4.87. The highest BCUT2D eigenvalue weighted by Crippen LogP contribution is 2.34. The minimum absolute atomic E-state index is 0.160. The predicted octanol–water partition coefficient (Wildman–Crippen LogP) is 2.46. The number of hydrogen-bond donors (Lipinski definition) is 1. The molecule has 0 saturated heterocycles. The second-order valence-corrected chi connectivity index (χ2v) is 5.95. The van der Waals surface area contributed by atoms with Crippen LogP contribution in [0.1, 0.15) is 37.4 Å². The van der Waals surface area contributed by atoms with Gasteiger partial charge in [-0.2, -0.15) is 5.10 Å². The van der Waals surface area contributed by atoms with Crippen LogP contribution in [-0.4, -0.2) is 28.5 Å². The Morgan fingerprint density at radius 3 is 2.74 bits per heavy atom. The van der Waals surface area contributed by atoms with Crippen molar-refractivity contribution >= 4 is 11.6 Å². The van der Waals surface area contributed by atoms with Crippen molar-refractivity contribution in [3.63, 3.8) is 0 Å². The molecule has 0 amide bonds. The van der Waals surface area contributed by atoms with Gasteiger partial charge in [0.2, 0.25) is 0 Å². The lowest BCUT2D eigenvalue weighted by molar-refractivity contribution is -0.0280. The Bertz CT molecular complexity index is 427. The second-order valence-electron chi connectivity index (χ2n) is 5.59. The number of aromatic nitrogens is 2. The molecule has 0 radical (unpaired) electrons. The van der Waals surface area contributed by atoms with Crippen LogP contribution in [0.2, 0.25) is 5.15 Å². The molecule has 5 heteroatoms. The number of halogens is 1. The third-order valence-corrected chi connectivity index (χ3v) is 4.44. The molecular weight excluding hydrogens is 262 g/mol. The fourth-order valence-corrected chi connectivity index (χ4v) is 3.17. The largest absolute Gasteiger partial charge is 0.378 e. The Morgan fingerprint density at radius 1 is 1.53 bits per heavy atom. The summed E-state index contributed by atoms with van der Waals surface area (Å²) in [6, 6.07) is 0.160. The molecule has 108 valence electrons. The van der Waals surface area contributed by atoms with E-state index in [4.69, 9.17) is 22.1 Å². The van der Waals surface area contributed by atoms with Crippen LogP contribution in [0.3, 0.4) is 0 Å². The summed E-state index contributed by atoms with van der Waals surface area (Å²) in [5, 5.41) is 5.04. The van der Waals surface area contributed by atoms with Gasteiger partial charge < -0.3 is 10.5 Å². The monoisotopic (exact) mass is 285 g/mol. The van der Waals surface area contributed by atoms with Gasteiger partial charge in [0.25, 0.3) is 0 Å². The van der Waals surface area contributed by atoms with E-state index >= 15 is 0 Å². The zero-order valence-electron chi connectivity index (χ0n) is 12.0. The number of hydrogen-bond acceptors (Lipinski definition) is 3. The van der Waals surface area contributed by atoms with Gasteiger partial charge in [-0.15, -0.1) is 0 Å². The molecule has 2 rings (SSSR count). The van der Waals surface area contributed by atoms with Crippen molar-refractivity contribution < 1.29 is 4.74 Å². The van der Waals surface area contributed by atoms with E-state index in [-0.39, 0.29) is 6.04 Å². The molecule has 1 atom stereocenters. The summed E-state index contributed by atoms with van der Waals surface area (Å²) in [5.41, 5.74) is 8.33. The van der Waals surface area contributed by atoms with E-state index < -0.39 is 0 Å². The van der Waals surface area contributed by atoms with Gasteiger partial charge in [0, 0.05) is 25.3 Å². The van der Waals surface area contributed by atoms with Gasteiger partial charge in [0.15, 0.2) is 0 Å². The van der Waals surface area contributed by atoms with E-state index in [9.17, 15) is 0 Å². The summed E-state index contributed by atoms with van der Waals surface area (Å²) in [5.74, 6) is 0.710. The number of rotatable bonds is 6. The van der Waals surface area contributed by atoms with Crippen LogP contribution < -0.4 is 5.73 Å². The molecule has 19 heavy (non-hydrogen) atoms. The fraction of sp³-hybridized carbons (Fsp3) is 0.786. The van der Waals surface area contributed by atoms with Crippen LogP contribution in [0.15, 0.2) is 0 Å². The number of nitrogens with zero attached hydrogens (tertiary/aromatic N) is 2. The molecule has 0 bridgehead atoms. The van der Waals surface area contributed by atoms with Crippen LogP contribution in [0.5, 0.6) is 0 Å². The quantitative estimate of drug-likeness (QED) is 0.873. The predicted molar refractivity (Wildman–Crippen MR) is 77.4 cm³/mol. The Labute approximate surface area is 120 Å². The normalized spacial score (nSPS) is 24.3. The third kappa shape index (κ3) is 3.50. The average Bonchev–Trinajstić information content (AvgIpc) is 2.53. The topological polar surface area (TPSA) is 53.1 Å². The first-order chi connectivity index (χ1) is 9.01. The van der Waals surface area contributed by atoms with Gasteiger partial charge >= 0.3 is 0 Å². The van der Waals surface area contributed by atoms with Crippen molar-refractivity contribution in [3.8, 4) is 0 Å². The van der Waals surface area contributed by atoms with Crippen LogP contribution in [0, 0.1) is 12.8 Å². The van der Waals surface area contributed by atoms with Crippen molar-refractivity contribution in [2.75, 3.05) is 6.61 Å². The van der Waals surface area contributed by atoms with E-state index in [0.717, 1.165) is 43.5 Å². The molecule has 1 fully saturated rings. The molecule has 1 unspecified atom stereocenters. The summed E-state index contributed by atoms with van der Waals surface area (Å²) >= 11 is 6.23. The number of nitrogens with two attached hydrogens (primary N) is 1. The lowest BCUT2D eigenvalue weighted by atomic mass is 9.77. The Hall–Kier alpha value is -0.580. The number of ether oxygens (including phenoxy) is 1. The summed E-state index contributed by atoms with van der Waals surface area (Å²) in [7, 11) is 1.86. The average molecular weight is 286 g/mol. The first kappa shape index (κ1) is 14.8. The molecule has 1 aromatic rings. The van der Waals surface area contributed by atoms with E-state index in [1.54, 1.807) is 4.68 Å². The minimum atomic E-state index is 0.160. The maximum absolute atomic E-state index is 6.25. The number of aryl methyl sites for hydroxylation is 2. The van der Waals surface area contributed by atoms with Gasteiger partial charge in [0.05, 0.1) is 11.8 Å². The van der Waals surface area contributed by atoms with Crippen LogP contribution in [0.25, 0.3) is 0 Å². The van der Waals surface area contributed by atoms with Gasteiger partial charge in [-0.25, -0.2) is 0 Å². The molecule has 1 heterocycles. The van der Waals surface area contributed by atoms with Crippen LogP contribution in [-0.2, 0) is 18.2 Å². The minimum Gasteiger partial charge on any atom is -0.378 e. The Morgan fingerprint density at radius 2 is 2.21 bits per heavy atom. The molecule has 4 nitrogen and oxygen atoms in total. The second kappa shape index (κ2) is 6.25. The fourth-order valence-electron chi connectivity index (χ4n) is 2.92. The van der Waals surface area contributed by atoms with Gasteiger partial charge in [-0.1, -0.05) is 11.6 Å². The third-order valence-electron chi connectivity index (χ3n) is 3.97. The summed E-state index contributed by atoms with van der Waals surface area (Å²) in [4.78, 5) is 0. The Balaban J connectivity index is 1.80. The van der Waals surface area contributed by atoms with Gasteiger partial charge in [-0.05, 0) is 45.4 Å². The molecule has 1 aliphatic rings. The van der Waals surface area contributed by atoms with Crippen molar-refractivity contribution in [2.45, 2.75) is 51.7 Å². The van der Waals surface area contributed by atoms with Crippen molar-refractivity contribution in [1.82, 2.24) is 9.78 Å².